The quantitative estimate of drug-likeness (QED) is 0.833. The van der Waals surface area contributed by atoms with Crippen molar-refractivity contribution in [3.8, 4) is 5.75 Å². The maximum atomic E-state index is 12.7. The fourth-order valence-corrected chi connectivity index (χ4v) is 4.24. The highest BCUT2D eigenvalue weighted by atomic mass is 16.5. The molecule has 1 amide bonds. The molecule has 2 aliphatic rings. The summed E-state index contributed by atoms with van der Waals surface area (Å²) in [6, 6.07) is 10.3. The Labute approximate surface area is 166 Å². The fourth-order valence-electron chi connectivity index (χ4n) is 4.24. The summed E-state index contributed by atoms with van der Waals surface area (Å²) in [4.78, 5) is 15.1. The van der Waals surface area contributed by atoms with Crippen LogP contribution in [0.25, 0.3) is 0 Å². The molecule has 0 saturated carbocycles. The molecular weight excluding hydrogens is 354 g/mol. The predicted octanol–water partition coefficient (Wildman–Crippen LogP) is 2.50. The molecule has 28 heavy (non-hydrogen) atoms. The minimum atomic E-state index is -0.00764. The SMILES string of the molecule is COc1cccc(CN2CCc3c(cc(C(=O)NCC4CCCO4)n3C)C2)c1. The third kappa shape index (κ3) is 4.08. The number of methoxy groups -OCH3 is 1. The first-order valence-corrected chi connectivity index (χ1v) is 10.1. The van der Waals surface area contributed by atoms with Crippen molar-refractivity contribution in [1.29, 1.82) is 0 Å². The molecule has 1 N–H and O–H groups in total. The zero-order valence-electron chi connectivity index (χ0n) is 16.7. The van der Waals surface area contributed by atoms with Crippen molar-refractivity contribution in [3.05, 3.63) is 52.8 Å². The number of carbonyl (C=O) groups is 1. The summed E-state index contributed by atoms with van der Waals surface area (Å²) in [5.41, 5.74) is 4.50. The average molecular weight is 383 g/mol. The summed E-state index contributed by atoms with van der Waals surface area (Å²) in [5.74, 6) is 0.881. The minimum Gasteiger partial charge on any atom is -0.497 e. The normalized spacial score (nSPS) is 19.4. The maximum absolute atomic E-state index is 12.7. The van der Waals surface area contributed by atoms with Crippen LogP contribution in [0.3, 0.4) is 0 Å². The molecular formula is C22H29N3O3. The number of hydrogen-bond donors (Lipinski definition) is 1. The lowest BCUT2D eigenvalue weighted by atomic mass is 10.1. The second-order valence-corrected chi connectivity index (χ2v) is 7.72. The molecule has 6 heteroatoms. The summed E-state index contributed by atoms with van der Waals surface area (Å²) in [6.45, 7) is 4.13. The Morgan fingerprint density at radius 3 is 3.04 bits per heavy atom. The van der Waals surface area contributed by atoms with Crippen molar-refractivity contribution >= 4 is 5.91 Å². The van der Waals surface area contributed by atoms with Crippen LogP contribution in [-0.2, 0) is 31.3 Å². The number of benzene rings is 1. The van der Waals surface area contributed by atoms with Crippen molar-refractivity contribution < 1.29 is 14.3 Å². The first-order chi connectivity index (χ1) is 13.6. The van der Waals surface area contributed by atoms with E-state index in [0.717, 1.165) is 56.9 Å². The lowest BCUT2D eigenvalue weighted by Crippen LogP contribution is -2.33. The smallest absolute Gasteiger partial charge is 0.268 e. The number of nitrogens with one attached hydrogen (secondary N) is 1. The Morgan fingerprint density at radius 2 is 2.25 bits per heavy atom. The molecule has 0 radical (unpaired) electrons. The molecule has 0 spiro atoms. The zero-order valence-corrected chi connectivity index (χ0v) is 16.7. The standard InChI is InChI=1S/C22H29N3O3/c1-24-20-8-9-25(14-16-5-3-6-18(11-16)27-2)15-17(20)12-21(24)22(26)23-13-19-7-4-10-28-19/h3,5-6,11-12,19H,4,7-10,13-15H2,1-2H3,(H,23,26). The van der Waals surface area contributed by atoms with Gasteiger partial charge in [0.25, 0.3) is 5.91 Å². The van der Waals surface area contributed by atoms with Crippen LogP contribution in [0.1, 0.15) is 40.2 Å². The van der Waals surface area contributed by atoms with E-state index in [-0.39, 0.29) is 12.0 Å². The highest BCUT2D eigenvalue weighted by molar-refractivity contribution is 5.93. The molecule has 1 atom stereocenters. The molecule has 1 unspecified atom stereocenters. The Hall–Kier alpha value is -2.31. The van der Waals surface area contributed by atoms with Crippen molar-refractivity contribution in [1.82, 2.24) is 14.8 Å². The first-order valence-electron chi connectivity index (χ1n) is 10.1. The molecule has 4 rings (SSSR count). The number of aromatic nitrogens is 1. The van der Waals surface area contributed by atoms with E-state index < -0.39 is 0 Å². The van der Waals surface area contributed by atoms with Crippen molar-refractivity contribution in [2.45, 2.75) is 38.5 Å². The Bertz CT molecular complexity index is 840. The minimum absolute atomic E-state index is 0.00764. The Balaban J connectivity index is 1.41. The fraction of sp³-hybridized carbons (Fsp3) is 0.500. The topological polar surface area (TPSA) is 55.7 Å². The van der Waals surface area contributed by atoms with E-state index in [9.17, 15) is 4.79 Å². The molecule has 1 aromatic heterocycles. The van der Waals surface area contributed by atoms with Crippen LogP contribution < -0.4 is 10.1 Å². The van der Waals surface area contributed by atoms with E-state index >= 15 is 0 Å². The lowest BCUT2D eigenvalue weighted by Gasteiger charge is -2.27. The maximum Gasteiger partial charge on any atom is 0.268 e. The molecule has 1 fully saturated rings. The van der Waals surface area contributed by atoms with Gasteiger partial charge in [-0.15, -0.1) is 0 Å². The summed E-state index contributed by atoms with van der Waals surface area (Å²) in [6.07, 6.45) is 3.23. The first kappa shape index (κ1) is 19.0. The van der Waals surface area contributed by atoms with Crippen LogP contribution in [0.5, 0.6) is 5.75 Å². The molecule has 150 valence electrons. The molecule has 2 aromatic rings. The van der Waals surface area contributed by atoms with Gasteiger partial charge in [0.1, 0.15) is 11.4 Å². The highest BCUT2D eigenvalue weighted by Crippen LogP contribution is 2.24. The van der Waals surface area contributed by atoms with Gasteiger partial charge in [-0.1, -0.05) is 12.1 Å². The predicted molar refractivity (Wildman–Crippen MR) is 108 cm³/mol. The van der Waals surface area contributed by atoms with E-state index in [0.29, 0.717) is 6.54 Å². The second kappa shape index (κ2) is 8.37. The van der Waals surface area contributed by atoms with Crippen molar-refractivity contribution in [2.24, 2.45) is 7.05 Å². The molecule has 3 heterocycles. The summed E-state index contributed by atoms with van der Waals surface area (Å²) < 4.78 is 13.0. The van der Waals surface area contributed by atoms with Crippen molar-refractivity contribution in [2.75, 3.05) is 26.8 Å². The Kier molecular flexibility index (Phi) is 5.69. The van der Waals surface area contributed by atoms with E-state index in [1.54, 1.807) is 7.11 Å². The number of nitrogens with zero attached hydrogens (tertiary/aromatic N) is 2. The summed E-state index contributed by atoms with van der Waals surface area (Å²) in [5, 5.41) is 3.04. The largest absolute Gasteiger partial charge is 0.497 e. The van der Waals surface area contributed by atoms with Crippen LogP contribution in [-0.4, -0.2) is 48.3 Å². The van der Waals surface area contributed by atoms with Gasteiger partial charge in [0.15, 0.2) is 0 Å². The van der Waals surface area contributed by atoms with Gasteiger partial charge in [-0.3, -0.25) is 9.69 Å². The molecule has 1 saturated heterocycles. The number of hydrogen-bond acceptors (Lipinski definition) is 4. The summed E-state index contributed by atoms with van der Waals surface area (Å²) in [7, 11) is 3.69. The third-order valence-corrected chi connectivity index (χ3v) is 5.79. The molecule has 0 aliphatic carbocycles. The second-order valence-electron chi connectivity index (χ2n) is 7.72. The summed E-state index contributed by atoms with van der Waals surface area (Å²) >= 11 is 0. The molecule has 6 nitrogen and oxygen atoms in total. The van der Waals surface area contributed by atoms with Gasteiger partial charge in [0.05, 0.1) is 13.2 Å². The van der Waals surface area contributed by atoms with Gasteiger partial charge in [-0.2, -0.15) is 0 Å². The van der Waals surface area contributed by atoms with Crippen LogP contribution in [0, 0.1) is 0 Å². The van der Waals surface area contributed by atoms with Crippen LogP contribution in [0.2, 0.25) is 0 Å². The third-order valence-electron chi connectivity index (χ3n) is 5.79. The van der Waals surface area contributed by atoms with Crippen LogP contribution in [0.15, 0.2) is 30.3 Å². The Morgan fingerprint density at radius 1 is 1.36 bits per heavy atom. The van der Waals surface area contributed by atoms with Gasteiger partial charge >= 0.3 is 0 Å². The molecule has 1 aromatic carbocycles. The lowest BCUT2D eigenvalue weighted by molar-refractivity contribution is 0.0851. The zero-order chi connectivity index (χ0) is 19.5. The number of fused-ring (bicyclic) bond motifs is 1. The van der Waals surface area contributed by atoms with Gasteiger partial charge in [-0.05, 0) is 42.2 Å². The molecule has 2 aliphatic heterocycles. The van der Waals surface area contributed by atoms with Crippen molar-refractivity contribution in [3.63, 3.8) is 0 Å². The monoisotopic (exact) mass is 383 g/mol. The average Bonchev–Trinajstić information content (AvgIpc) is 3.34. The van der Waals surface area contributed by atoms with E-state index in [2.05, 4.69) is 33.0 Å². The highest BCUT2D eigenvalue weighted by Gasteiger charge is 2.24. The van der Waals surface area contributed by atoms with Crippen LogP contribution >= 0.6 is 0 Å². The van der Waals surface area contributed by atoms with E-state index in [1.807, 2.05) is 19.2 Å². The number of carbonyl (C=O) groups excluding carboxylic acids is 1. The van der Waals surface area contributed by atoms with Gasteiger partial charge in [0, 0.05) is 51.9 Å². The van der Waals surface area contributed by atoms with Crippen LogP contribution in [0.4, 0.5) is 0 Å². The van der Waals surface area contributed by atoms with Gasteiger partial charge < -0.3 is 19.4 Å². The van der Waals surface area contributed by atoms with E-state index in [4.69, 9.17) is 9.47 Å². The van der Waals surface area contributed by atoms with Gasteiger partial charge in [0.2, 0.25) is 0 Å². The molecule has 0 bridgehead atoms. The number of rotatable bonds is 6. The van der Waals surface area contributed by atoms with Gasteiger partial charge in [-0.25, -0.2) is 0 Å². The number of ether oxygens (including phenoxy) is 2. The number of amides is 1. The van der Waals surface area contributed by atoms with E-state index in [1.165, 1.54) is 16.8 Å².